The Labute approximate surface area is 109 Å². The Balaban J connectivity index is 2.05. The maximum Gasteiger partial charge on any atom is 0.314 e. The first-order valence-corrected chi connectivity index (χ1v) is 6.58. The van der Waals surface area contributed by atoms with Gasteiger partial charge < -0.3 is 25.6 Å². The summed E-state index contributed by atoms with van der Waals surface area (Å²) >= 11 is 0. The number of rotatable bonds is 7. The Morgan fingerprint density at radius 2 is 2.11 bits per heavy atom. The molecule has 106 valence electrons. The molecule has 0 bridgehead atoms. The molecule has 1 aliphatic rings. The minimum atomic E-state index is -0.298. The molecule has 0 aliphatic carbocycles. The van der Waals surface area contributed by atoms with E-state index in [9.17, 15) is 4.79 Å². The molecule has 6 nitrogen and oxygen atoms in total. The number of nitrogens with zero attached hydrogens (tertiary/aromatic N) is 2. The van der Waals surface area contributed by atoms with Crippen LogP contribution in [0.3, 0.4) is 0 Å². The van der Waals surface area contributed by atoms with E-state index in [1.807, 2.05) is 0 Å². The van der Waals surface area contributed by atoms with Gasteiger partial charge in [-0.15, -0.1) is 0 Å². The van der Waals surface area contributed by atoms with Crippen LogP contribution in [0.2, 0.25) is 0 Å². The fourth-order valence-electron chi connectivity index (χ4n) is 2.12. The number of carbonyl (C=O) groups excluding carboxylic acids is 1. The van der Waals surface area contributed by atoms with Crippen LogP contribution in [0.4, 0.5) is 4.79 Å². The number of amides is 2. The average Bonchev–Trinajstić information content (AvgIpc) is 2.37. The minimum Gasteiger partial charge on any atom is -0.383 e. The lowest BCUT2D eigenvalue weighted by Gasteiger charge is -2.31. The molecule has 18 heavy (non-hydrogen) atoms. The van der Waals surface area contributed by atoms with Crippen molar-refractivity contribution < 1.29 is 9.53 Å². The Kier molecular flexibility index (Phi) is 7.00. The molecular weight excluding hydrogens is 232 g/mol. The number of carbonyl (C=O) groups is 1. The van der Waals surface area contributed by atoms with E-state index in [2.05, 4.69) is 17.3 Å². The first kappa shape index (κ1) is 15.2. The highest BCUT2D eigenvalue weighted by Gasteiger charge is 2.20. The summed E-state index contributed by atoms with van der Waals surface area (Å²) in [4.78, 5) is 14.9. The lowest BCUT2D eigenvalue weighted by molar-refractivity contribution is 0.159. The summed E-state index contributed by atoms with van der Waals surface area (Å²) in [6, 6.07) is 0.212. The third-order valence-electron chi connectivity index (χ3n) is 3.41. The van der Waals surface area contributed by atoms with Crippen LogP contribution < -0.4 is 11.1 Å². The molecule has 1 saturated heterocycles. The van der Waals surface area contributed by atoms with Crippen LogP contribution in [0.25, 0.3) is 0 Å². The van der Waals surface area contributed by atoms with Gasteiger partial charge in [0.25, 0.3) is 0 Å². The number of urea groups is 1. The molecule has 0 aromatic heterocycles. The molecule has 1 fully saturated rings. The number of piperidine rings is 1. The Bertz CT molecular complexity index is 242. The van der Waals surface area contributed by atoms with Gasteiger partial charge in [0.2, 0.25) is 0 Å². The summed E-state index contributed by atoms with van der Waals surface area (Å²) < 4.78 is 5.03. The van der Waals surface area contributed by atoms with Crippen LogP contribution in [-0.2, 0) is 4.74 Å². The van der Waals surface area contributed by atoms with E-state index < -0.39 is 0 Å². The largest absolute Gasteiger partial charge is 0.383 e. The third kappa shape index (κ3) is 5.66. The zero-order valence-corrected chi connectivity index (χ0v) is 11.5. The molecule has 1 aliphatic heterocycles. The second-order valence-electron chi connectivity index (χ2n) is 4.85. The highest BCUT2D eigenvalue weighted by Crippen LogP contribution is 2.09. The summed E-state index contributed by atoms with van der Waals surface area (Å²) in [5, 5.41) is 3.53. The van der Waals surface area contributed by atoms with Gasteiger partial charge in [0.15, 0.2) is 0 Å². The lowest BCUT2D eigenvalue weighted by Crippen LogP contribution is -2.47. The maximum atomic E-state index is 11.0. The predicted molar refractivity (Wildman–Crippen MR) is 71.6 cm³/mol. The SMILES string of the molecule is COCCN(C)CCNC1CCN(C(N)=O)CC1. The predicted octanol–water partition coefficient (Wildman–Crippen LogP) is -0.303. The molecular formula is C12H26N4O2. The number of methoxy groups -OCH3 is 1. The van der Waals surface area contributed by atoms with Crippen LogP contribution in [0.5, 0.6) is 0 Å². The van der Waals surface area contributed by atoms with Crippen molar-refractivity contribution in [3.63, 3.8) is 0 Å². The average molecular weight is 258 g/mol. The topological polar surface area (TPSA) is 70.8 Å². The Hall–Kier alpha value is -0.850. The highest BCUT2D eigenvalue weighted by molar-refractivity contribution is 5.72. The second kappa shape index (κ2) is 8.29. The molecule has 2 amide bonds. The van der Waals surface area contributed by atoms with Crippen LogP contribution in [0, 0.1) is 0 Å². The van der Waals surface area contributed by atoms with E-state index in [1.165, 1.54) is 0 Å². The number of nitrogens with one attached hydrogen (secondary N) is 1. The van der Waals surface area contributed by atoms with E-state index in [4.69, 9.17) is 10.5 Å². The zero-order valence-electron chi connectivity index (χ0n) is 11.5. The minimum absolute atomic E-state index is 0.298. The van der Waals surface area contributed by atoms with Gasteiger partial charge in [-0.3, -0.25) is 0 Å². The van der Waals surface area contributed by atoms with Crippen molar-refractivity contribution in [1.82, 2.24) is 15.1 Å². The molecule has 0 unspecified atom stereocenters. The number of likely N-dealkylation sites (N-methyl/N-ethyl adjacent to an activating group) is 1. The number of hydrogen-bond donors (Lipinski definition) is 2. The molecule has 0 spiro atoms. The third-order valence-corrected chi connectivity index (χ3v) is 3.41. The van der Waals surface area contributed by atoms with Crippen molar-refractivity contribution in [1.29, 1.82) is 0 Å². The van der Waals surface area contributed by atoms with Crippen molar-refractivity contribution in [2.45, 2.75) is 18.9 Å². The van der Waals surface area contributed by atoms with Gasteiger partial charge in [-0.25, -0.2) is 4.79 Å². The number of ether oxygens (including phenoxy) is 1. The molecule has 0 radical (unpaired) electrons. The summed E-state index contributed by atoms with van der Waals surface area (Å²) in [5.74, 6) is 0. The van der Waals surface area contributed by atoms with Crippen molar-refractivity contribution in [2.24, 2.45) is 5.73 Å². The van der Waals surface area contributed by atoms with Crippen LogP contribution >= 0.6 is 0 Å². The lowest BCUT2D eigenvalue weighted by atomic mass is 10.1. The summed E-state index contributed by atoms with van der Waals surface area (Å²) in [6.45, 7) is 5.26. The van der Waals surface area contributed by atoms with Crippen LogP contribution in [0.15, 0.2) is 0 Å². The van der Waals surface area contributed by atoms with E-state index in [-0.39, 0.29) is 6.03 Å². The van der Waals surface area contributed by atoms with Crippen molar-refractivity contribution in [2.75, 3.05) is 53.5 Å². The molecule has 0 saturated carbocycles. The molecule has 0 atom stereocenters. The number of nitrogens with two attached hydrogens (primary N) is 1. The molecule has 0 aromatic carbocycles. The van der Waals surface area contributed by atoms with Crippen LogP contribution in [0.1, 0.15) is 12.8 Å². The summed E-state index contributed by atoms with van der Waals surface area (Å²) in [7, 11) is 3.81. The van der Waals surface area contributed by atoms with Crippen molar-refractivity contribution >= 4 is 6.03 Å². The van der Waals surface area contributed by atoms with Gasteiger partial charge in [0.1, 0.15) is 0 Å². The smallest absolute Gasteiger partial charge is 0.314 e. The van der Waals surface area contributed by atoms with Crippen molar-refractivity contribution in [3.05, 3.63) is 0 Å². The standard InChI is InChI=1S/C12H26N4O2/c1-15(9-10-18-2)8-5-14-11-3-6-16(7-4-11)12(13)17/h11,14H,3-10H2,1-2H3,(H2,13,17). The van der Waals surface area contributed by atoms with Gasteiger partial charge in [0, 0.05) is 45.9 Å². The molecule has 6 heteroatoms. The number of hydrogen-bond acceptors (Lipinski definition) is 4. The Morgan fingerprint density at radius 3 is 2.67 bits per heavy atom. The van der Waals surface area contributed by atoms with Gasteiger partial charge in [0.05, 0.1) is 6.61 Å². The first-order chi connectivity index (χ1) is 8.63. The quantitative estimate of drug-likeness (QED) is 0.657. The molecule has 3 N–H and O–H groups in total. The summed E-state index contributed by atoms with van der Waals surface area (Å²) in [5.41, 5.74) is 5.25. The number of likely N-dealkylation sites (tertiary alicyclic amines) is 1. The monoisotopic (exact) mass is 258 g/mol. The number of primary amides is 1. The van der Waals surface area contributed by atoms with E-state index in [0.717, 1.165) is 52.2 Å². The van der Waals surface area contributed by atoms with E-state index in [0.29, 0.717) is 6.04 Å². The van der Waals surface area contributed by atoms with Crippen molar-refractivity contribution in [3.8, 4) is 0 Å². The molecule has 1 rings (SSSR count). The summed E-state index contributed by atoms with van der Waals surface area (Å²) in [6.07, 6.45) is 1.98. The van der Waals surface area contributed by atoms with Gasteiger partial charge in [-0.05, 0) is 19.9 Å². The van der Waals surface area contributed by atoms with Gasteiger partial charge in [-0.1, -0.05) is 0 Å². The van der Waals surface area contributed by atoms with Gasteiger partial charge in [-0.2, -0.15) is 0 Å². The molecule has 0 aromatic rings. The Morgan fingerprint density at radius 1 is 1.44 bits per heavy atom. The molecule has 1 heterocycles. The van der Waals surface area contributed by atoms with Gasteiger partial charge >= 0.3 is 6.03 Å². The fraction of sp³-hybridized carbons (Fsp3) is 0.917. The fourth-order valence-corrected chi connectivity index (χ4v) is 2.12. The van der Waals surface area contributed by atoms with E-state index in [1.54, 1.807) is 12.0 Å². The normalized spacial score (nSPS) is 17.4. The first-order valence-electron chi connectivity index (χ1n) is 6.58. The van der Waals surface area contributed by atoms with Crippen LogP contribution in [-0.4, -0.2) is 75.4 Å². The maximum absolute atomic E-state index is 11.0. The zero-order chi connectivity index (χ0) is 13.4. The van der Waals surface area contributed by atoms with E-state index >= 15 is 0 Å². The second-order valence-corrected chi connectivity index (χ2v) is 4.85. The highest BCUT2D eigenvalue weighted by atomic mass is 16.5.